The van der Waals surface area contributed by atoms with E-state index in [-0.39, 0.29) is 54.4 Å². The molecule has 3 fully saturated rings. The predicted molar refractivity (Wildman–Crippen MR) is 184 cm³/mol. The number of halogens is 2. The number of piperidine rings is 1. The fourth-order valence-electron chi connectivity index (χ4n) is 7.78. The predicted octanol–water partition coefficient (Wildman–Crippen LogP) is 6.65. The van der Waals surface area contributed by atoms with Crippen molar-refractivity contribution in [3.63, 3.8) is 0 Å². The number of aliphatic hydroxyl groups is 1. The summed E-state index contributed by atoms with van der Waals surface area (Å²) in [6, 6.07) is 18.0. The summed E-state index contributed by atoms with van der Waals surface area (Å²) >= 11 is 6.17. The number of urea groups is 1. The molecule has 2 aliphatic carbocycles. The zero-order valence-corrected chi connectivity index (χ0v) is 28.7. The number of benzene rings is 2. The van der Waals surface area contributed by atoms with E-state index in [9.17, 15) is 14.7 Å². The summed E-state index contributed by atoms with van der Waals surface area (Å²) in [5, 5.41) is 15.8. The smallest absolute Gasteiger partial charge is 0.319 e. The molecule has 45 heavy (non-hydrogen) atoms. The molecule has 3 atom stereocenters. The molecule has 0 spiro atoms. The van der Waals surface area contributed by atoms with E-state index < -0.39 is 5.60 Å². The first kappa shape index (κ1) is 35.5. The number of carbonyl (C=O) groups is 2. The first-order chi connectivity index (χ1) is 21.1. The SMILES string of the molecule is C[C@H]1CN(C(=O)[C@@H](Cc2ccc(Cl)cc2)NC2CCC(O)(c3ccccc3)CC2)CC[C@@H]1N(C(=O)N(C)C)C1CCCCC1.Cl. The number of amides is 3. The number of likely N-dealkylation sites (tertiary alicyclic amines) is 1. The Morgan fingerprint density at radius 2 is 1.62 bits per heavy atom. The van der Waals surface area contributed by atoms with Gasteiger partial charge in [0.25, 0.3) is 0 Å². The van der Waals surface area contributed by atoms with Gasteiger partial charge < -0.3 is 25.1 Å². The average Bonchev–Trinajstić information content (AvgIpc) is 3.04. The maximum Gasteiger partial charge on any atom is 0.319 e. The van der Waals surface area contributed by atoms with Crippen molar-refractivity contribution >= 4 is 35.9 Å². The molecule has 0 radical (unpaired) electrons. The van der Waals surface area contributed by atoms with Crippen LogP contribution in [0.25, 0.3) is 0 Å². The molecule has 3 amide bonds. The van der Waals surface area contributed by atoms with E-state index in [1.165, 1.54) is 19.3 Å². The number of rotatable bonds is 8. The van der Waals surface area contributed by atoms with Crippen molar-refractivity contribution < 1.29 is 14.7 Å². The van der Waals surface area contributed by atoms with E-state index in [0.717, 1.165) is 43.2 Å². The molecule has 0 bridgehead atoms. The second kappa shape index (κ2) is 16.0. The lowest BCUT2D eigenvalue weighted by Crippen LogP contribution is -2.60. The molecular weight excluding hydrogens is 607 g/mol. The first-order valence-electron chi connectivity index (χ1n) is 16.7. The minimum Gasteiger partial charge on any atom is -0.385 e. The van der Waals surface area contributed by atoms with Crippen molar-refractivity contribution in [2.45, 2.75) is 107 Å². The summed E-state index contributed by atoms with van der Waals surface area (Å²) in [5.74, 6) is 0.308. The second-order valence-electron chi connectivity index (χ2n) is 13.7. The van der Waals surface area contributed by atoms with E-state index in [1.807, 2.05) is 73.6 Å². The third kappa shape index (κ3) is 8.73. The van der Waals surface area contributed by atoms with Crippen molar-refractivity contribution in [2.75, 3.05) is 27.2 Å². The summed E-state index contributed by atoms with van der Waals surface area (Å²) in [7, 11) is 3.70. The van der Waals surface area contributed by atoms with E-state index >= 15 is 0 Å². The molecule has 248 valence electrons. The molecule has 9 heteroatoms. The molecule has 2 saturated carbocycles. The molecule has 7 nitrogen and oxygen atoms in total. The van der Waals surface area contributed by atoms with Gasteiger partial charge in [-0.25, -0.2) is 4.79 Å². The molecule has 5 rings (SSSR count). The summed E-state index contributed by atoms with van der Waals surface area (Å²) < 4.78 is 0. The Kier molecular flexibility index (Phi) is 12.6. The highest BCUT2D eigenvalue weighted by Gasteiger charge is 2.41. The van der Waals surface area contributed by atoms with Crippen LogP contribution in [0.15, 0.2) is 54.6 Å². The van der Waals surface area contributed by atoms with Crippen LogP contribution < -0.4 is 5.32 Å². The molecule has 2 aromatic carbocycles. The monoisotopic (exact) mass is 658 g/mol. The summed E-state index contributed by atoms with van der Waals surface area (Å²) in [6.45, 7) is 3.50. The van der Waals surface area contributed by atoms with E-state index in [1.54, 1.807) is 4.90 Å². The largest absolute Gasteiger partial charge is 0.385 e. The van der Waals surface area contributed by atoms with Crippen LogP contribution in [-0.2, 0) is 16.8 Å². The standard InChI is InChI=1S/C36H51ClN4O3.ClH/c1-26-25-40(23-20-33(26)41(35(43)39(2)3)31-12-8-5-9-13-31)34(42)32(24-27-14-16-29(37)17-15-27)38-30-18-21-36(44,22-19-30)28-10-6-4-7-11-28;/h4,6-7,10-11,14-17,26,30-33,38,44H,5,8-9,12-13,18-25H2,1-3H3;1H/t26-,30?,32+,33-,36?;/m0./s1. The van der Waals surface area contributed by atoms with Gasteiger partial charge in [0.1, 0.15) is 0 Å². The molecule has 1 saturated heterocycles. The van der Waals surface area contributed by atoms with Crippen molar-refractivity contribution in [3.05, 3.63) is 70.7 Å². The van der Waals surface area contributed by atoms with Crippen LogP contribution in [0.5, 0.6) is 0 Å². The second-order valence-corrected chi connectivity index (χ2v) is 14.2. The Labute approximate surface area is 281 Å². The normalized spacial score (nSPS) is 26.4. The van der Waals surface area contributed by atoms with Gasteiger partial charge in [0.15, 0.2) is 0 Å². The lowest BCUT2D eigenvalue weighted by Gasteiger charge is -2.48. The lowest BCUT2D eigenvalue weighted by molar-refractivity contribution is -0.136. The van der Waals surface area contributed by atoms with Crippen LogP contribution in [0.4, 0.5) is 4.79 Å². The maximum absolute atomic E-state index is 14.3. The van der Waals surface area contributed by atoms with Gasteiger partial charge in [-0.1, -0.05) is 80.3 Å². The topological polar surface area (TPSA) is 76.1 Å². The minimum absolute atomic E-state index is 0. The van der Waals surface area contributed by atoms with Crippen LogP contribution in [0.3, 0.4) is 0 Å². The molecule has 0 unspecified atom stereocenters. The van der Waals surface area contributed by atoms with Crippen LogP contribution in [-0.4, -0.2) is 83.1 Å². The van der Waals surface area contributed by atoms with Crippen molar-refractivity contribution in [1.29, 1.82) is 0 Å². The van der Waals surface area contributed by atoms with Crippen molar-refractivity contribution in [3.8, 4) is 0 Å². The Hall–Kier alpha value is -2.32. The van der Waals surface area contributed by atoms with Crippen molar-refractivity contribution in [1.82, 2.24) is 20.0 Å². The molecule has 1 aliphatic heterocycles. The van der Waals surface area contributed by atoms with Gasteiger partial charge >= 0.3 is 6.03 Å². The van der Waals surface area contributed by atoms with Gasteiger partial charge in [-0.2, -0.15) is 0 Å². The van der Waals surface area contributed by atoms with Gasteiger partial charge in [-0.3, -0.25) is 4.79 Å². The molecular formula is C36H52Cl2N4O3. The van der Waals surface area contributed by atoms with Crippen LogP contribution in [0.1, 0.15) is 82.3 Å². The Morgan fingerprint density at radius 1 is 0.978 bits per heavy atom. The molecule has 0 aromatic heterocycles. The summed E-state index contributed by atoms with van der Waals surface area (Å²) in [6.07, 6.45) is 10.0. The minimum atomic E-state index is -0.819. The summed E-state index contributed by atoms with van der Waals surface area (Å²) in [5.41, 5.74) is 1.22. The van der Waals surface area contributed by atoms with E-state index in [2.05, 4.69) is 17.1 Å². The van der Waals surface area contributed by atoms with Gasteiger partial charge in [0, 0.05) is 50.3 Å². The summed E-state index contributed by atoms with van der Waals surface area (Å²) in [4.78, 5) is 33.6. The third-order valence-electron chi connectivity index (χ3n) is 10.3. The molecule has 2 N–H and O–H groups in total. The third-order valence-corrected chi connectivity index (χ3v) is 10.6. The Bertz CT molecular complexity index is 1230. The molecule has 2 aromatic rings. The lowest BCUT2D eigenvalue weighted by atomic mass is 9.77. The van der Waals surface area contributed by atoms with E-state index in [4.69, 9.17) is 11.6 Å². The number of nitrogens with zero attached hydrogens (tertiary/aromatic N) is 3. The van der Waals surface area contributed by atoms with Gasteiger partial charge in [-0.05, 0) is 80.5 Å². The fraction of sp³-hybridized carbons (Fsp3) is 0.611. The quantitative estimate of drug-likeness (QED) is 0.333. The van der Waals surface area contributed by atoms with E-state index in [0.29, 0.717) is 37.4 Å². The highest BCUT2D eigenvalue weighted by Crippen LogP contribution is 2.37. The van der Waals surface area contributed by atoms with Gasteiger partial charge in [0.05, 0.1) is 11.6 Å². The average molecular weight is 660 g/mol. The zero-order valence-electron chi connectivity index (χ0n) is 27.2. The number of nitrogens with one attached hydrogen (secondary N) is 1. The van der Waals surface area contributed by atoms with Gasteiger partial charge in [0.2, 0.25) is 5.91 Å². The van der Waals surface area contributed by atoms with Gasteiger partial charge in [-0.15, -0.1) is 12.4 Å². The van der Waals surface area contributed by atoms with Crippen molar-refractivity contribution in [2.24, 2.45) is 5.92 Å². The number of hydrogen-bond acceptors (Lipinski definition) is 4. The molecule has 3 aliphatic rings. The Balaban J connectivity index is 0.00000461. The first-order valence-corrected chi connectivity index (χ1v) is 17.1. The Morgan fingerprint density at radius 3 is 2.22 bits per heavy atom. The van der Waals surface area contributed by atoms with Crippen LogP contribution in [0.2, 0.25) is 5.02 Å². The number of carbonyl (C=O) groups excluding carboxylic acids is 2. The number of hydrogen-bond donors (Lipinski definition) is 2. The fourth-order valence-corrected chi connectivity index (χ4v) is 7.91. The van der Waals surface area contributed by atoms with Crippen LogP contribution in [0, 0.1) is 5.92 Å². The van der Waals surface area contributed by atoms with Crippen LogP contribution >= 0.6 is 24.0 Å². The maximum atomic E-state index is 14.3. The highest BCUT2D eigenvalue weighted by molar-refractivity contribution is 6.30. The zero-order chi connectivity index (χ0) is 31.3. The highest BCUT2D eigenvalue weighted by atomic mass is 35.5. The molecule has 1 heterocycles.